The van der Waals surface area contributed by atoms with E-state index in [2.05, 4.69) is 6.92 Å². The van der Waals surface area contributed by atoms with Gasteiger partial charge in [0.15, 0.2) is 6.10 Å². The molecule has 4 rings (SSSR count). The molecule has 152 valence electrons. The summed E-state index contributed by atoms with van der Waals surface area (Å²) in [6.07, 6.45) is 1.80. The number of rotatable bonds is 7. The van der Waals surface area contributed by atoms with E-state index in [4.69, 9.17) is 9.57 Å². The summed E-state index contributed by atoms with van der Waals surface area (Å²) in [4.78, 5) is 33.7. The van der Waals surface area contributed by atoms with E-state index in [0.717, 1.165) is 30.7 Å². The minimum absolute atomic E-state index is 0.166. The largest absolute Gasteiger partial charge is 0.494 e. The molecular formula is C23H26N2O4. The van der Waals surface area contributed by atoms with Crippen molar-refractivity contribution in [3.63, 3.8) is 0 Å². The lowest BCUT2D eigenvalue weighted by Gasteiger charge is -2.28. The maximum absolute atomic E-state index is 13.3. The SMILES string of the molecule is CCCOc1ccc(N2C(=O)[C@@H]3[C@@H](ON(c4ccccc4)[C@H]3CCC)C2=O)cc1. The summed E-state index contributed by atoms with van der Waals surface area (Å²) in [6, 6.07) is 16.6. The highest BCUT2D eigenvalue weighted by Crippen LogP contribution is 2.41. The van der Waals surface area contributed by atoms with Gasteiger partial charge in [0, 0.05) is 0 Å². The van der Waals surface area contributed by atoms with Crippen LogP contribution in [0.2, 0.25) is 0 Å². The first kappa shape index (κ1) is 19.5. The molecule has 0 saturated carbocycles. The zero-order chi connectivity index (χ0) is 20.4. The molecule has 2 aliphatic heterocycles. The average molecular weight is 394 g/mol. The molecule has 2 amide bonds. The molecule has 0 N–H and O–H groups in total. The standard InChI is InChI=1S/C23H26N2O4/c1-3-8-19-20-21(29-25(19)17-9-6-5-7-10-17)23(27)24(22(20)26)16-11-13-18(14-12-16)28-15-4-2/h5-7,9-14,19-21H,3-4,8,15H2,1-2H3/t19-,20-,21+/m0/s1. The topological polar surface area (TPSA) is 59.1 Å². The van der Waals surface area contributed by atoms with Crippen LogP contribution in [0.15, 0.2) is 54.6 Å². The van der Waals surface area contributed by atoms with Crippen molar-refractivity contribution in [3.05, 3.63) is 54.6 Å². The number of anilines is 2. The Labute approximate surface area is 171 Å². The Bertz CT molecular complexity index is 868. The van der Waals surface area contributed by atoms with Crippen molar-refractivity contribution in [2.75, 3.05) is 16.6 Å². The minimum atomic E-state index is -0.782. The zero-order valence-corrected chi connectivity index (χ0v) is 16.8. The molecule has 0 aromatic heterocycles. The number of carbonyl (C=O) groups excluding carboxylic acids is 2. The van der Waals surface area contributed by atoms with E-state index in [0.29, 0.717) is 12.3 Å². The number of ether oxygens (including phenoxy) is 1. The van der Waals surface area contributed by atoms with Crippen LogP contribution in [-0.2, 0) is 14.4 Å². The van der Waals surface area contributed by atoms with E-state index in [1.165, 1.54) is 4.90 Å². The number of hydrogen-bond donors (Lipinski definition) is 0. The number of para-hydroxylation sites is 1. The van der Waals surface area contributed by atoms with Gasteiger partial charge in [0.2, 0.25) is 5.91 Å². The van der Waals surface area contributed by atoms with Gasteiger partial charge in [-0.15, -0.1) is 0 Å². The van der Waals surface area contributed by atoms with Gasteiger partial charge >= 0.3 is 0 Å². The average Bonchev–Trinajstić information content (AvgIpc) is 3.24. The van der Waals surface area contributed by atoms with Crippen molar-refractivity contribution >= 4 is 23.2 Å². The Morgan fingerprint density at radius 3 is 2.28 bits per heavy atom. The molecule has 3 atom stereocenters. The van der Waals surface area contributed by atoms with Gasteiger partial charge in [-0.1, -0.05) is 38.5 Å². The van der Waals surface area contributed by atoms with Gasteiger partial charge in [-0.3, -0.25) is 14.4 Å². The fourth-order valence-corrected chi connectivity index (χ4v) is 4.08. The molecule has 6 heteroatoms. The number of hydroxylamine groups is 1. The summed E-state index contributed by atoms with van der Waals surface area (Å²) in [5.41, 5.74) is 1.42. The first-order chi connectivity index (χ1) is 14.2. The van der Waals surface area contributed by atoms with Crippen molar-refractivity contribution in [2.45, 2.75) is 45.3 Å². The molecule has 0 radical (unpaired) electrons. The maximum atomic E-state index is 13.3. The summed E-state index contributed by atoms with van der Waals surface area (Å²) < 4.78 is 5.59. The number of fused-ring (bicyclic) bond motifs is 1. The van der Waals surface area contributed by atoms with Gasteiger partial charge in [0.1, 0.15) is 5.75 Å². The third-order valence-electron chi connectivity index (χ3n) is 5.40. The van der Waals surface area contributed by atoms with Crippen molar-refractivity contribution in [2.24, 2.45) is 5.92 Å². The minimum Gasteiger partial charge on any atom is -0.494 e. The van der Waals surface area contributed by atoms with Gasteiger partial charge in [0.25, 0.3) is 5.91 Å². The molecule has 2 heterocycles. The zero-order valence-electron chi connectivity index (χ0n) is 16.8. The van der Waals surface area contributed by atoms with Crippen molar-refractivity contribution < 1.29 is 19.2 Å². The second kappa shape index (κ2) is 8.25. The van der Waals surface area contributed by atoms with Crippen LogP contribution in [0.4, 0.5) is 11.4 Å². The van der Waals surface area contributed by atoms with Gasteiger partial charge in [-0.25, -0.2) is 9.96 Å². The van der Waals surface area contributed by atoms with Crippen molar-refractivity contribution in [1.29, 1.82) is 0 Å². The first-order valence-corrected chi connectivity index (χ1v) is 10.3. The van der Waals surface area contributed by atoms with E-state index in [1.807, 2.05) is 37.3 Å². The molecular weight excluding hydrogens is 368 g/mol. The molecule has 0 aliphatic carbocycles. The fraction of sp³-hybridized carbons (Fsp3) is 0.391. The predicted molar refractivity (Wildman–Crippen MR) is 111 cm³/mol. The molecule has 29 heavy (non-hydrogen) atoms. The lowest BCUT2D eigenvalue weighted by atomic mass is 9.93. The molecule has 2 saturated heterocycles. The number of hydrogen-bond acceptors (Lipinski definition) is 5. The quantitative estimate of drug-likeness (QED) is 0.666. The monoisotopic (exact) mass is 394 g/mol. The third-order valence-corrected chi connectivity index (χ3v) is 5.40. The van der Waals surface area contributed by atoms with Crippen LogP contribution in [-0.4, -0.2) is 30.6 Å². The maximum Gasteiger partial charge on any atom is 0.266 e. The highest BCUT2D eigenvalue weighted by Gasteiger charge is 2.59. The van der Waals surface area contributed by atoms with E-state index in [-0.39, 0.29) is 17.9 Å². The molecule has 6 nitrogen and oxygen atoms in total. The molecule has 2 aromatic rings. The summed E-state index contributed by atoms with van der Waals surface area (Å²) >= 11 is 0. The van der Waals surface area contributed by atoms with Gasteiger partial charge in [0.05, 0.1) is 29.9 Å². The molecule has 0 spiro atoms. The highest BCUT2D eigenvalue weighted by atomic mass is 16.7. The Hall–Kier alpha value is -2.86. The van der Waals surface area contributed by atoms with Gasteiger partial charge in [-0.2, -0.15) is 0 Å². The van der Waals surface area contributed by atoms with Crippen molar-refractivity contribution in [1.82, 2.24) is 0 Å². The summed E-state index contributed by atoms with van der Waals surface area (Å²) in [5, 5.41) is 1.76. The Kier molecular flexibility index (Phi) is 5.53. The summed E-state index contributed by atoms with van der Waals surface area (Å²) in [5.74, 6) is -0.273. The number of benzene rings is 2. The molecule has 2 fully saturated rings. The molecule has 2 aliphatic rings. The highest BCUT2D eigenvalue weighted by molar-refractivity contribution is 6.23. The molecule has 2 aromatic carbocycles. The van der Waals surface area contributed by atoms with Crippen molar-refractivity contribution in [3.8, 4) is 5.75 Å². The second-order valence-electron chi connectivity index (χ2n) is 7.42. The van der Waals surface area contributed by atoms with Crippen LogP contribution in [0.5, 0.6) is 5.75 Å². The van der Waals surface area contributed by atoms with Crippen LogP contribution < -0.4 is 14.7 Å². The number of nitrogens with zero attached hydrogens (tertiary/aromatic N) is 2. The van der Waals surface area contributed by atoms with Crippen LogP contribution in [0, 0.1) is 5.92 Å². The van der Waals surface area contributed by atoms with E-state index < -0.39 is 12.0 Å². The second-order valence-corrected chi connectivity index (χ2v) is 7.42. The van der Waals surface area contributed by atoms with E-state index in [9.17, 15) is 9.59 Å². The molecule has 0 unspecified atom stereocenters. The molecule has 0 bridgehead atoms. The predicted octanol–water partition coefficient (Wildman–Crippen LogP) is 3.95. The Morgan fingerprint density at radius 2 is 1.62 bits per heavy atom. The number of carbonyl (C=O) groups is 2. The van der Waals surface area contributed by atoms with Crippen LogP contribution in [0.25, 0.3) is 0 Å². The normalized spacial score (nSPS) is 23.6. The van der Waals surface area contributed by atoms with Gasteiger partial charge in [-0.05, 0) is 49.2 Å². The van der Waals surface area contributed by atoms with Crippen LogP contribution in [0.1, 0.15) is 33.1 Å². The lowest BCUT2D eigenvalue weighted by molar-refractivity contribution is -0.126. The number of imide groups is 1. The smallest absolute Gasteiger partial charge is 0.266 e. The van der Waals surface area contributed by atoms with Gasteiger partial charge < -0.3 is 4.74 Å². The first-order valence-electron chi connectivity index (χ1n) is 10.3. The lowest BCUT2D eigenvalue weighted by Crippen LogP contribution is -2.40. The Morgan fingerprint density at radius 1 is 0.897 bits per heavy atom. The van der Waals surface area contributed by atoms with E-state index >= 15 is 0 Å². The summed E-state index contributed by atoms with van der Waals surface area (Å²) in [7, 11) is 0. The fourth-order valence-electron chi connectivity index (χ4n) is 4.08. The Balaban J connectivity index is 1.59. The van der Waals surface area contributed by atoms with Crippen LogP contribution >= 0.6 is 0 Å². The number of amides is 2. The third kappa shape index (κ3) is 3.49. The summed E-state index contributed by atoms with van der Waals surface area (Å²) in [6.45, 7) is 4.75. The van der Waals surface area contributed by atoms with E-state index in [1.54, 1.807) is 29.3 Å². The van der Waals surface area contributed by atoms with Crippen LogP contribution in [0.3, 0.4) is 0 Å².